The van der Waals surface area contributed by atoms with Gasteiger partial charge in [0, 0.05) is 23.7 Å². The van der Waals surface area contributed by atoms with E-state index in [1.807, 2.05) is 42.5 Å². The number of halogens is 1. The van der Waals surface area contributed by atoms with E-state index in [1.54, 1.807) is 12.1 Å². The van der Waals surface area contributed by atoms with Crippen molar-refractivity contribution >= 4 is 23.4 Å². The fourth-order valence-electron chi connectivity index (χ4n) is 2.75. The largest absolute Gasteiger partial charge is 0.354 e. The molecule has 1 fully saturated rings. The smallest absolute Gasteiger partial charge is 0.251 e. The second kappa shape index (κ2) is 7.05. The van der Waals surface area contributed by atoms with Crippen LogP contribution in [-0.4, -0.2) is 24.9 Å². The zero-order valence-corrected chi connectivity index (χ0v) is 14.0. The van der Waals surface area contributed by atoms with E-state index in [-0.39, 0.29) is 11.8 Å². The van der Waals surface area contributed by atoms with E-state index >= 15 is 0 Å². The molecule has 0 aromatic heterocycles. The summed E-state index contributed by atoms with van der Waals surface area (Å²) in [7, 11) is 0. The molecule has 0 heterocycles. The Balaban J connectivity index is 1.48. The van der Waals surface area contributed by atoms with Crippen molar-refractivity contribution in [3.05, 3.63) is 70.7 Å². The van der Waals surface area contributed by atoms with Crippen LogP contribution in [0.1, 0.15) is 28.8 Å². The lowest BCUT2D eigenvalue weighted by Gasteiger charge is -2.16. The van der Waals surface area contributed by atoms with Crippen LogP contribution in [0.2, 0.25) is 5.02 Å². The molecule has 1 aliphatic carbocycles. The van der Waals surface area contributed by atoms with Crippen molar-refractivity contribution in [1.29, 1.82) is 0 Å². The van der Waals surface area contributed by atoms with E-state index in [4.69, 9.17) is 11.6 Å². The van der Waals surface area contributed by atoms with Crippen LogP contribution in [0, 0.1) is 0 Å². The van der Waals surface area contributed by atoms with Crippen molar-refractivity contribution in [1.82, 2.24) is 10.6 Å². The number of carbonyl (C=O) groups is 2. The van der Waals surface area contributed by atoms with Gasteiger partial charge in [0.05, 0.1) is 5.41 Å². The van der Waals surface area contributed by atoms with E-state index in [2.05, 4.69) is 10.6 Å². The third-order valence-corrected chi connectivity index (χ3v) is 4.57. The molecule has 1 aliphatic rings. The van der Waals surface area contributed by atoms with Crippen molar-refractivity contribution in [2.75, 3.05) is 13.1 Å². The van der Waals surface area contributed by atoms with Gasteiger partial charge in [0.1, 0.15) is 0 Å². The molecule has 0 aliphatic heterocycles. The van der Waals surface area contributed by atoms with Gasteiger partial charge in [-0.05, 0) is 42.7 Å². The lowest BCUT2D eigenvalue weighted by Crippen LogP contribution is -2.39. The van der Waals surface area contributed by atoms with Gasteiger partial charge in [0.25, 0.3) is 5.91 Å². The number of rotatable bonds is 6. The average Bonchev–Trinajstić information content (AvgIpc) is 3.41. The summed E-state index contributed by atoms with van der Waals surface area (Å²) in [6.45, 7) is 0.808. The molecule has 0 radical (unpaired) electrons. The van der Waals surface area contributed by atoms with Gasteiger partial charge in [-0.1, -0.05) is 41.9 Å². The predicted molar refractivity (Wildman–Crippen MR) is 94.1 cm³/mol. The van der Waals surface area contributed by atoms with Crippen molar-refractivity contribution < 1.29 is 9.59 Å². The third-order valence-electron chi connectivity index (χ3n) is 4.31. The number of nitrogens with one attached hydrogen (secondary N) is 2. The molecule has 0 saturated heterocycles. The molecular weight excluding hydrogens is 324 g/mol. The molecule has 0 spiro atoms. The van der Waals surface area contributed by atoms with Crippen molar-refractivity contribution in [3.63, 3.8) is 0 Å². The first kappa shape index (κ1) is 16.5. The topological polar surface area (TPSA) is 58.2 Å². The number of carbonyl (C=O) groups excluding carboxylic acids is 2. The summed E-state index contributed by atoms with van der Waals surface area (Å²) in [5, 5.41) is 6.39. The fraction of sp³-hybridized carbons (Fsp3) is 0.263. The minimum Gasteiger partial charge on any atom is -0.354 e. The van der Waals surface area contributed by atoms with Gasteiger partial charge in [-0.15, -0.1) is 0 Å². The van der Waals surface area contributed by atoms with Gasteiger partial charge in [0.2, 0.25) is 5.91 Å². The first-order valence-electron chi connectivity index (χ1n) is 7.99. The minimum atomic E-state index is -0.423. The van der Waals surface area contributed by atoms with Crippen LogP contribution >= 0.6 is 11.6 Å². The average molecular weight is 343 g/mol. The SMILES string of the molecule is O=C(NCCNC(=O)C1(c2ccc(Cl)cc2)CC1)c1ccccc1. The molecule has 2 aromatic carbocycles. The second-order valence-electron chi connectivity index (χ2n) is 5.97. The van der Waals surface area contributed by atoms with E-state index < -0.39 is 5.41 Å². The van der Waals surface area contributed by atoms with E-state index in [0.29, 0.717) is 23.7 Å². The number of hydrogen-bond acceptors (Lipinski definition) is 2. The highest BCUT2D eigenvalue weighted by molar-refractivity contribution is 6.30. The number of amides is 2. The molecule has 3 rings (SSSR count). The molecule has 4 nitrogen and oxygen atoms in total. The maximum atomic E-state index is 12.5. The van der Waals surface area contributed by atoms with E-state index in [1.165, 1.54) is 0 Å². The summed E-state index contributed by atoms with van der Waals surface area (Å²) in [5.74, 6) is -0.123. The molecule has 0 bridgehead atoms. The summed E-state index contributed by atoms with van der Waals surface area (Å²) in [4.78, 5) is 24.4. The molecule has 0 unspecified atom stereocenters. The van der Waals surface area contributed by atoms with Gasteiger partial charge in [-0.2, -0.15) is 0 Å². The van der Waals surface area contributed by atoms with Crippen LogP contribution in [0.25, 0.3) is 0 Å². The number of benzene rings is 2. The van der Waals surface area contributed by atoms with Gasteiger partial charge in [0.15, 0.2) is 0 Å². The molecule has 2 aromatic rings. The van der Waals surface area contributed by atoms with Crippen LogP contribution in [0.15, 0.2) is 54.6 Å². The van der Waals surface area contributed by atoms with Gasteiger partial charge in [-0.3, -0.25) is 9.59 Å². The quantitative estimate of drug-likeness (QED) is 0.793. The Morgan fingerprint density at radius 2 is 1.54 bits per heavy atom. The highest BCUT2D eigenvalue weighted by Crippen LogP contribution is 2.48. The molecule has 24 heavy (non-hydrogen) atoms. The Morgan fingerprint density at radius 1 is 0.917 bits per heavy atom. The number of hydrogen-bond donors (Lipinski definition) is 2. The normalized spacial score (nSPS) is 14.7. The molecule has 124 valence electrons. The Bertz CT molecular complexity index is 725. The van der Waals surface area contributed by atoms with Crippen molar-refractivity contribution in [2.24, 2.45) is 0 Å². The monoisotopic (exact) mass is 342 g/mol. The molecule has 5 heteroatoms. The summed E-state index contributed by atoms with van der Waals surface area (Å²) in [5.41, 5.74) is 1.19. The molecular formula is C19H19ClN2O2. The third kappa shape index (κ3) is 3.60. The van der Waals surface area contributed by atoms with E-state index in [9.17, 15) is 9.59 Å². The summed E-state index contributed by atoms with van der Waals surface area (Å²) < 4.78 is 0. The summed E-state index contributed by atoms with van der Waals surface area (Å²) >= 11 is 5.90. The minimum absolute atomic E-state index is 0.0128. The maximum absolute atomic E-state index is 12.5. The summed E-state index contributed by atoms with van der Waals surface area (Å²) in [6.07, 6.45) is 1.69. The van der Waals surface area contributed by atoms with Crippen LogP contribution in [0.4, 0.5) is 0 Å². The molecule has 1 saturated carbocycles. The highest BCUT2D eigenvalue weighted by Gasteiger charge is 2.50. The van der Waals surface area contributed by atoms with E-state index in [0.717, 1.165) is 18.4 Å². The zero-order chi connectivity index (χ0) is 17.0. The van der Waals surface area contributed by atoms with Crippen LogP contribution in [0.3, 0.4) is 0 Å². The Labute approximate surface area is 146 Å². The second-order valence-corrected chi connectivity index (χ2v) is 6.40. The summed E-state index contributed by atoms with van der Waals surface area (Å²) in [6, 6.07) is 16.5. The lowest BCUT2D eigenvalue weighted by molar-refractivity contribution is -0.123. The maximum Gasteiger partial charge on any atom is 0.251 e. The van der Waals surface area contributed by atoms with Crippen molar-refractivity contribution in [3.8, 4) is 0 Å². The highest BCUT2D eigenvalue weighted by atomic mass is 35.5. The van der Waals surface area contributed by atoms with Gasteiger partial charge < -0.3 is 10.6 Å². The molecule has 0 atom stereocenters. The van der Waals surface area contributed by atoms with Gasteiger partial charge >= 0.3 is 0 Å². The van der Waals surface area contributed by atoms with Crippen LogP contribution in [-0.2, 0) is 10.2 Å². The molecule has 2 amide bonds. The first-order chi connectivity index (χ1) is 11.6. The Hall–Kier alpha value is -2.33. The van der Waals surface area contributed by atoms with Crippen molar-refractivity contribution in [2.45, 2.75) is 18.3 Å². The van der Waals surface area contributed by atoms with Crippen LogP contribution < -0.4 is 10.6 Å². The predicted octanol–water partition coefficient (Wildman–Crippen LogP) is 2.92. The molecule has 2 N–H and O–H groups in total. The van der Waals surface area contributed by atoms with Crippen LogP contribution in [0.5, 0.6) is 0 Å². The first-order valence-corrected chi connectivity index (χ1v) is 8.37. The Morgan fingerprint density at radius 3 is 2.17 bits per heavy atom. The standard InChI is InChI=1S/C19H19ClN2O2/c20-16-8-6-15(7-9-16)19(10-11-19)18(24)22-13-12-21-17(23)14-4-2-1-3-5-14/h1-9H,10-13H2,(H,21,23)(H,22,24). The van der Waals surface area contributed by atoms with Gasteiger partial charge in [-0.25, -0.2) is 0 Å². The Kier molecular flexibility index (Phi) is 4.86. The lowest BCUT2D eigenvalue weighted by atomic mass is 9.95. The fourth-order valence-corrected chi connectivity index (χ4v) is 2.88. The zero-order valence-electron chi connectivity index (χ0n) is 13.2.